The van der Waals surface area contributed by atoms with E-state index in [0.29, 0.717) is 16.0 Å². The summed E-state index contributed by atoms with van der Waals surface area (Å²) < 4.78 is 16.7. The minimum Gasteiger partial charge on any atom is -0.486 e. The molecule has 2 N–H and O–H groups in total. The van der Waals surface area contributed by atoms with Crippen molar-refractivity contribution >= 4 is 33.8 Å². The van der Waals surface area contributed by atoms with Gasteiger partial charge in [-0.25, -0.2) is 9.59 Å². The molecule has 1 aliphatic rings. The Labute approximate surface area is 169 Å². The molecule has 1 heterocycles. The zero-order chi connectivity index (χ0) is 19.9. The van der Waals surface area contributed by atoms with E-state index >= 15 is 0 Å². The topological polar surface area (TPSA) is 103 Å². The van der Waals surface area contributed by atoms with Crippen molar-refractivity contribution in [2.75, 3.05) is 19.8 Å². The van der Waals surface area contributed by atoms with Gasteiger partial charge >= 0.3 is 12.0 Å². The second-order valence-electron chi connectivity index (χ2n) is 5.81. The van der Waals surface area contributed by atoms with E-state index in [1.807, 2.05) is 12.1 Å². The van der Waals surface area contributed by atoms with Crippen molar-refractivity contribution in [3.05, 3.63) is 58.6 Å². The quantitative estimate of drug-likeness (QED) is 0.680. The first-order valence-electron chi connectivity index (χ1n) is 8.41. The number of fused-ring (bicyclic) bond motifs is 1. The van der Waals surface area contributed by atoms with Gasteiger partial charge in [0.2, 0.25) is 0 Å². The number of halogens is 1. The number of carbonyl (C=O) groups excluding carboxylic acids is 3. The molecule has 1 atom stereocenters. The van der Waals surface area contributed by atoms with Crippen LogP contribution in [0.15, 0.2) is 53.0 Å². The maximum absolute atomic E-state index is 11.9. The molecular weight excluding hydrogens is 432 g/mol. The Hall–Kier alpha value is -3.07. The highest BCUT2D eigenvalue weighted by molar-refractivity contribution is 9.10. The first kappa shape index (κ1) is 19.7. The number of hydrogen-bond donors (Lipinski definition) is 2. The highest BCUT2D eigenvalue weighted by Crippen LogP contribution is 2.30. The van der Waals surface area contributed by atoms with E-state index in [1.165, 1.54) is 0 Å². The van der Waals surface area contributed by atoms with Crippen LogP contribution >= 0.6 is 15.9 Å². The molecule has 0 spiro atoms. The van der Waals surface area contributed by atoms with Crippen LogP contribution < -0.4 is 20.1 Å². The average molecular weight is 449 g/mol. The third kappa shape index (κ3) is 5.23. The number of para-hydroxylation sites is 2. The van der Waals surface area contributed by atoms with Crippen molar-refractivity contribution in [3.63, 3.8) is 0 Å². The molecule has 0 aromatic heterocycles. The molecular formula is C19H17BrN2O6. The van der Waals surface area contributed by atoms with Crippen molar-refractivity contribution in [1.29, 1.82) is 0 Å². The van der Waals surface area contributed by atoms with E-state index in [-0.39, 0.29) is 24.8 Å². The molecule has 3 rings (SSSR count). The standard InChI is InChI=1S/C19H17BrN2O6/c20-14-6-2-1-5-13(14)18(24)27-11-17(23)22-19(25)21-9-12-10-26-15-7-3-4-8-16(15)28-12/h1-8,12H,9-11H2,(H2,21,22,23,25). The van der Waals surface area contributed by atoms with E-state index in [2.05, 4.69) is 26.6 Å². The molecule has 28 heavy (non-hydrogen) atoms. The Morgan fingerprint density at radius 1 is 1.07 bits per heavy atom. The number of imide groups is 1. The zero-order valence-corrected chi connectivity index (χ0v) is 16.2. The maximum Gasteiger partial charge on any atom is 0.339 e. The molecule has 2 aromatic rings. The molecule has 3 amide bonds. The summed E-state index contributed by atoms with van der Waals surface area (Å²) in [6, 6.07) is 13.2. The summed E-state index contributed by atoms with van der Waals surface area (Å²) in [5.41, 5.74) is 0.287. The van der Waals surface area contributed by atoms with E-state index in [1.54, 1.807) is 36.4 Å². The molecule has 0 radical (unpaired) electrons. The molecule has 9 heteroatoms. The SMILES string of the molecule is O=C(COC(=O)c1ccccc1Br)NC(=O)NCC1COc2ccccc2O1. The minimum atomic E-state index is -0.746. The van der Waals surface area contributed by atoms with Crippen LogP contribution in [-0.2, 0) is 9.53 Å². The van der Waals surface area contributed by atoms with Crippen LogP contribution in [-0.4, -0.2) is 43.8 Å². The van der Waals surface area contributed by atoms with Crippen LogP contribution in [0.4, 0.5) is 4.79 Å². The highest BCUT2D eigenvalue weighted by Gasteiger charge is 2.21. The molecule has 2 aromatic carbocycles. The lowest BCUT2D eigenvalue weighted by Gasteiger charge is -2.26. The highest BCUT2D eigenvalue weighted by atomic mass is 79.9. The fourth-order valence-electron chi connectivity index (χ4n) is 2.41. The Morgan fingerprint density at radius 2 is 1.79 bits per heavy atom. The number of rotatable bonds is 5. The van der Waals surface area contributed by atoms with Crippen LogP contribution in [0.25, 0.3) is 0 Å². The van der Waals surface area contributed by atoms with Crippen molar-refractivity contribution in [3.8, 4) is 11.5 Å². The van der Waals surface area contributed by atoms with Gasteiger partial charge in [-0.3, -0.25) is 10.1 Å². The molecule has 0 aliphatic carbocycles. The number of urea groups is 1. The predicted molar refractivity (Wildman–Crippen MR) is 102 cm³/mol. The number of hydrogen-bond acceptors (Lipinski definition) is 6. The van der Waals surface area contributed by atoms with Gasteiger partial charge in [0.1, 0.15) is 6.61 Å². The largest absolute Gasteiger partial charge is 0.486 e. The van der Waals surface area contributed by atoms with Crippen LogP contribution in [0, 0.1) is 0 Å². The molecule has 0 saturated carbocycles. The normalized spacial score (nSPS) is 14.7. The predicted octanol–water partition coefficient (Wildman–Crippen LogP) is 2.27. The smallest absolute Gasteiger partial charge is 0.339 e. The lowest BCUT2D eigenvalue weighted by Crippen LogP contribution is -2.46. The monoisotopic (exact) mass is 448 g/mol. The fraction of sp³-hybridized carbons (Fsp3) is 0.211. The van der Waals surface area contributed by atoms with Crippen LogP contribution in [0.1, 0.15) is 10.4 Å². The lowest BCUT2D eigenvalue weighted by molar-refractivity contribution is -0.123. The van der Waals surface area contributed by atoms with E-state index < -0.39 is 24.5 Å². The third-order valence-electron chi connectivity index (χ3n) is 3.74. The third-order valence-corrected chi connectivity index (χ3v) is 4.43. The summed E-state index contributed by atoms with van der Waals surface area (Å²) >= 11 is 3.23. The summed E-state index contributed by atoms with van der Waals surface area (Å²) in [4.78, 5) is 35.5. The lowest BCUT2D eigenvalue weighted by atomic mass is 10.2. The van der Waals surface area contributed by atoms with Gasteiger partial charge in [0.25, 0.3) is 5.91 Å². The van der Waals surface area contributed by atoms with Gasteiger partial charge in [-0.2, -0.15) is 0 Å². The van der Waals surface area contributed by atoms with Gasteiger partial charge in [0.05, 0.1) is 12.1 Å². The van der Waals surface area contributed by atoms with Gasteiger partial charge in [0.15, 0.2) is 24.2 Å². The number of benzene rings is 2. The van der Waals surface area contributed by atoms with E-state index in [9.17, 15) is 14.4 Å². The molecule has 146 valence electrons. The van der Waals surface area contributed by atoms with Crippen molar-refractivity contribution in [1.82, 2.24) is 10.6 Å². The number of esters is 1. The van der Waals surface area contributed by atoms with Crippen LogP contribution in [0.3, 0.4) is 0 Å². The summed E-state index contributed by atoms with van der Waals surface area (Å²) in [5.74, 6) is -0.181. The van der Waals surface area contributed by atoms with Gasteiger partial charge in [-0.1, -0.05) is 24.3 Å². The minimum absolute atomic E-state index is 0.143. The van der Waals surface area contributed by atoms with Gasteiger partial charge in [-0.15, -0.1) is 0 Å². The molecule has 1 unspecified atom stereocenters. The average Bonchev–Trinajstić information content (AvgIpc) is 2.70. The molecule has 0 saturated heterocycles. The number of amides is 3. The van der Waals surface area contributed by atoms with Gasteiger partial charge in [0, 0.05) is 4.47 Å². The zero-order valence-electron chi connectivity index (χ0n) is 14.6. The summed E-state index contributed by atoms with van der Waals surface area (Å²) in [6.07, 6.45) is -0.385. The Morgan fingerprint density at radius 3 is 2.57 bits per heavy atom. The van der Waals surface area contributed by atoms with Gasteiger partial charge < -0.3 is 19.5 Å². The molecule has 1 aliphatic heterocycles. The summed E-state index contributed by atoms with van der Waals surface area (Å²) in [5, 5.41) is 4.60. The number of carbonyl (C=O) groups is 3. The van der Waals surface area contributed by atoms with Crippen LogP contribution in [0.5, 0.6) is 11.5 Å². The van der Waals surface area contributed by atoms with Gasteiger partial charge in [-0.05, 0) is 40.2 Å². The van der Waals surface area contributed by atoms with Crippen molar-refractivity contribution in [2.24, 2.45) is 0 Å². The summed E-state index contributed by atoms with van der Waals surface area (Å²) in [7, 11) is 0. The summed E-state index contributed by atoms with van der Waals surface area (Å²) in [6.45, 7) is -0.164. The van der Waals surface area contributed by atoms with E-state index in [0.717, 1.165) is 0 Å². The second-order valence-corrected chi connectivity index (χ2v) is 6.67. The number of ether oxygens (including phenoxy) is 3. The molecule has 8 nitrogen and oxygen atoms in total. The first-order chi connectivity index (χ1) is 13.5. The van der Waals surface area contributed by atoms with Crippen LogP contribution in [0.2, 0.25) is 0 Å². The Bertz CT molecular complexity index is 888. The fourth-order valence-corrected chi connectivity index (χ4v) is 2.86. The van der Waals surface area contributed by atoms with E-state index in [4.69, 9.17) is 14.2 Å². The first-order valence-corrected chi connectivity index (χ1v) is 9.20. The second kappa shape index (κ2) is 9.23. The van der Waals surface area contributed by atoms with Crippen molar-refractivity contribution in [2.45, 2.75) is 6.10 Å². The Kier molecular flexibility index (Phi) is 6.49. The number of nitrogens with one attached hydrogen (secondary N) is 2. The molecule has 0 fully saturated rings. The Balaban J connectivity index is 1.38. The molecule has 0 bridgehead atoms. The maximum atomic E-state index is 11.9. The van der Waals surface area contributed by atoms with Crippen molar-refractivity contribution < 1.29 is 28.6 Å².